The number of likely N-dealkylation sites (N-methyl/N-ethyl adjacent to an activating group) is 1. The van der Waals surface area contributed by atoms with Crippen LogP contribution in [0.25, 0.3) is 0 Å². The fraction of sp³-hybridized carbons (Fsp3) is 0.600. The lowest BCUT2D eigenvalue weighted by Crippen LogP contribution is -2.33. The topological polar surface area (TPSA) is 24.5 Å². The summed E-state index contributed by atoms with van der Waals surface area (Å²) in [7, 11) is 0. The van der Waals surface area contributed by atoms with Gasteiger partial charge in [-0.15, -0.1) is 0 Å². The van der Waals surface area contributed by atoms with E-state index in [0.717, 1.165) is 48.5 Å². The first-order valence-corrected chi connectivity index (χ1v) is 8.27. The summed E-state index contributed by atoms with van der Waals surface area (Å²) < 4.78 is 6.73. The van der Waals surface area contributed by atoms with Crippen LogP contribution in [0.3, 0.4) is 0 Å². The molecule has 1 aromatic rings. The van der Waals surface area contributed by atoms with E-state index < -0.39 is 0 Å². The van der Waals surface area contributed by atoms with E-state index >= 15 is 0 Å². The molecule has 0 radical (unpaired) electrons. The molecule has 0 aliphatic rings. The van der Waals surface area contributed by atoms with Gasteiger partial charge in [-0.3, -0.25) is 0 Å². The number of halogens is 2. The molecule has 0 spiro atoms. The van der Waals surface area contributed by atoms with E-state index in [-0.39, 0.29) is 0 Å². The van der Waals surface area contributed by atoms with Gasteiger partial charge < -0.3 is 15.0 Å². The number of hydrogen-bond acceptors (Lipinski definition) is 3. The van der Waals surface area contributed by atoms with Crippen LogP contribution in [0.4, 0.5) is 0 Å². The van der Waals surface area contributed by atoms with Gasteiger partial charge in [0.1, 0.15) is 12.4 Å². The Morgan fingerprint density at radius 2 is 1.95 bits per heavy atom. The summed E-state index contributed by atoms with van der Waals surface area (Å²) in [6, 6.07) is 3.87. The van der Waals surface area contributed by atoms with Crippen molar-refractivity contribution in [2.24, 2.45) is 0 Å². The van der Waals surface area contributed by atoms with Gasteiger partial charge in [0, 0.05) is 24.1 Å². The minimum atomic E-state index is 0.625. The first-order valence-electron chi connectivity index (χ1n) is 7.10. The Balaban J connectivity index is 2.25. The van der Waals surface area contributed by atoms with Gasteiger partial charge in [0.05, 0.1) is 5.02 Å². The van der Waals surface area contributed by atoms with Crippen LogP contribution in [0.15, 0.2) is 16.6 Å². The lowest BCUT2D eigenvalue weighted by atomic mass is 10.2. The summed E-state index contributed by atoms with van der Waals surface area (Å²) in [4.78, 5) is 2.39. The number of hydrogen-bond donors (Lipinski definition) is 1. The zero-order chi connectivity index (χ0) is 15.0. The second-order valence-electron chi connectivity index (χ2n) is 4.66. The molecule has 114 valence electrons. The maximum atomic E-state index is 6.17. The van der Waals surface area contributed by atoms with Crippen molar-refractivity contribution < 1.29 is 4.74 Å². The maximum absolute atomic E-state index is 6.17. The first kappa shape index (κ1) is 17.8. The zero-order valence-electron chi connectivity index (χ0n) is 12.5. The first-order chi connectivity index (χ1) is 9.58. The monoisotopic (exact) mass is 362 g/mol. The summed E-state index contributed by atoms with van der Waals surface area (Å²) in [6.07, 6.45) is 0. The quantitative estimate of drug-likeness (QED) is 0.677. The van der Waals surface area contributed by atoms with Gasteiger partial charge in [0.25, 0.3) is 0 Å². The molecule has 0 fully saturated rings. The molecular formula is C15H24BrClN2O. The molecule has 1 N–H and O–H groups in total. The molecule has 0 heterocycles. The van der Waals surface area contributed by atoms with Crippen molar-refractivity contribution in [3.05, 3.63) is 27.2 Å². The molecule has 0 amide bonds. The van der Waals surface area contributed by atoms with Gasteiger partial charge >= 0.3 is 0 Å². The average molecular weight is 364 g/mol. The Hall–Kier alpha value is -0.290. The van der Waals surface area contributed by atoms with Crippen LogP contribution in [0.1, 0.15) is 19.4 Å². The molecule has 0 aliphatic carbocycles. The van der Waals surface area contributed by atoms with E-state index in [4.69, 9.17) is 16.3 Å². The third-order valence-corrected chi connectivity index (χ3v) is 3.96. The molecule has 0 aliphatic heterocycles. The van der Waals surface area contributed by atoms with Gasteiger partial charge in [0.15, 0.2) is 0 Å². The van der Waals surface area contributed by atoms with Crippen LogP contribution in [-0.4, -0.2) is 44.2 Å². The molecule has 0 unspecified atom stereocenters. The van der Waals surface area contributed by atoms with E-state index in [1.165, 1.54) is 0 Å². The van der Waals surface area contributed by atoms with E-state index in [1.807, 2.05) is 19.1 Å². The Labute approximate surface area is 135 Å². The van der Waals surface area contributed by atoms with E-state index in [1.54, 1.807) is 0 Å². The molecule has 0 aromatic heterocycles. The summed E-state index contributed by atoms with van der Waals surface area (Å²) in [5.74, 6) is 0.778. The highest BCUT2D eigenvalue weighted by atomic mass is 79.9. The van der Waals surface area contributed by atoms with Gasteiger partial charge in [-0.05, 0) is 37.7 Å². The normalized spacial score (nSPS) is 11.1. The smallest absolute Gasteiger partial charge is 0.140 e. The molecule has 3 nitrogen and oxygen atoms in total. The van der Waals surface area contributed by atoms with Crippen molar-refractivity contribution in [3.63, 3.8) is 0 Å². The fourth-order valence-electron chi connectivity index (χ4n) is 2.00. The Morgan fingerprint density at radius 1 is 1.25 bits per heavy atom. The van der Waals surface area contributed by atoms with Crippen LogP contribution >= 0.6 is 27.5 Å². The standard InChI is InChI=1S/C15H24BrClN2O/c1-4-19(5-2)8-6-18-7-9-20-15-12(3)10-13(16)11-14(15)17/h10-11,18H,4-9H2,1-3H3. The van der Waals surface area contributed by atoms with Gasteiger partial charge in [0.2, 0.25) is 0 Å². The van der Waals surface area contributed by atoms with Crippen molar-refractivity contribution in [3.8, 4) is 5.75 Å². The lowest BCUT2D eigenvalue weighted by molar-refractivity contribution is 0.285. The van der Waals surface area contributed by atoms with Crippen molar-refractivity contribution in [1.29, 1.82) is 0 Å². The molecule has 0 atom stereocenters. The highest BCUT2D eigenvalue weighted by molar-refractivity contribution is 9.10. The van der Waals surface area contributed by atoms with Gasteiger partial charge in [-0.1, -0.05) is 41.4 Å². The van der Waals surface area contributed by atoms with Crippen LogP contribution in [0, 0.1) is 6.92 Å². The molecule has 5 heteroatoms. The van der Waals surface area contributed by atoms with Crippen LogP contribution in [-0.2, 0) is 0 Å². The largest absolute Gasteiger partial charge is 0.490 e. The molecule has 0 saturated heterocycles. The summed E-state index contributed by atoms with van der Waals surface area (Å²) >= 11 is 9.59. The van der Waals surface area contributed by atoms with Gasteiger partial charge in [-0.2, -0.15) is 0 Å². The number of benzene rings is 1. The molecule has 20 heavy (non-hydrogen) atoms. The van der Waals surface area contributed by atoms with Crippen molar-refractivity contribution in [1.82, 2.24) is 10.2 Å². The Bertz CT molecular complexity index is 388. The number of nitrogens with zero attached hydrogens (tertiary/aromatic N) is 1. The summed E-state index contributed by atoms with van der Waals surface area (Å²) in [5, 5.41) is 4.04. The number of nitrogens with one attached hydrogen (secondary N) is 1. The SMILES string of the molecule is CCN(CC)CCNCCOc1c(C)cc(Br)cc1Cl. The minimum Gasteiger partial charge on any atom is -0.490 e. The third-order valence-electron chi connectivity index (χ3n) is 3.22. The lowest BCUT2D eigenvalue weighted by Gasteiger charge is -2.18. The predicted octanol–water partition coefficient (Wildman–Crippen LogP) is 3.72. The average Bonchev–Trinajstić information content (AvgIpc) is 2.40. The molecule has 1 aromatic carbocycles. The van der Waals surface area contributed by atoms with Crippen molar-refractivity contribution in [2.45, 2.75) is 20.8 Å². The molecular weight excluding hydrogens is 340 g/mol. The fourth-order valence-corrected chi connectivity index (χ4v) is 3.02. The van der Waals surface area contributed by atoms with E-state index in [0.29, 0.717) is 11.6 Å². The van der Waals surface area contributed by atoms with Crippen LogP contribution < -0.4 is 10.1 Å². The highest BCUT2D eigenvalue weighted by Crippen LogP contribution is 2.31. The minimum absolute atomic E-state index is 0.625. The molecule has 0 bridgehead atoms. The molecule has 1 rings (SSSR count). The second kappa shape index (κ2) is 9.61. The van der Waals surface area contributed by atoms with E-state index in [2.05, 4.69) is 40.0 Å². The maximum Gasteiger partial charge on any atom is 0.140 e. The predicted molar refractivity (Wildman–Crippen MR) is 90.0 cm³/mol. The van der Waals surface area contributed by atoms with Crippen LogP contribution in [0.2, 0.25) is 5.02 Å². The number of aryl methyl sites for hydroxylation is 1. The van der Waals surface area contributed by atoms with Gasteiger partial charge in [-0.25, -0.2) is 0 Å². The molecule has 0 saturated carbocycles. The number of ether oxygens (including phenoxy) is 1. The highest BCUT2D eigenvalue weighted by Gasteiger charge is 2.07. The van der Waals surface area contributed by atoms with Crippen molar-refractivity contribution >= 4 is 27.5 Å². The van der Waals surface area contributed by atoms with Crippen LogP contribution in [0.5, 0.6) is 5.75 Å². The summed E-state index contributed by atoms with van der Waals surface area (Å²) in [5.41, 5.74) is 1.05. The Kier molecular flexibility index (Phi) is 8.53. The zero-order valence-corrected chi connectivity index (χ0v) is 14.9. The second-order valence-corrected chi connectivity index (χ2v) is 5.98. The van der Waals surface area contributed by atoms with Crippen molar-refractivity contribution in [2.75, 3.05) is 39.3 Å². The van der Waals surface area contributed by atoms with E-state index in [9.17, 15) is 0 Å². The Morgan fingerprint density at radius 3 is 2.55 bits per heavy atom. The summed E-state index contributed by atoms with van der Waals surface area (Å²) in [6.45, 7) is 12.1. The third kappa shape index (κ3) is 6.00. The number of rotatable bonds is 9.